The number of hydrogen-bond acceptors (Lipinski definition) is 2. The SMILES string of the molecule is CCNc1[nH]c2ccccc2c1C=O. The van der Waals surface area contributed by atoms with Crippen molar-refractivity contribution in [1.29, 1.82) is 0 Å². The predicted octanol–water partition coefficient (Wildman–Crippen LogP) is 2.41. The molecule has 0 atom stereocenters. The van der Waals surface area contributed by atoms with Crippen LogP contribution in [-0.4, -0.2) is 17.8 Å². The van der Waals surface area contributed by atoms with E-state index in [0.29, 0.717) is 5.56 Å². The minimum absolute atomic E-state index is 0.711. The Labute approximate surface area is 82.1 Å². The Kier molecular flexibility index (Phi) is 2.23. The third kappa shape index (κ3) is 1.27. The lowest BCUT2D eigenvalue weighted by atomic mass is 10.2. The fourth-order valence-electron chi connectivity index (χ4n) is 1.60. The number of rotatable bonds is 3. The Hall–Kier alpha value is -1.77. The first kappa shape index (κ1) is 8.81. The molecular formula is C11H12N2O. The van der Waals surface area contributed by atoms with Crippen molar-refractivity contribution in [3.63, 3.8) is 0 Å². The largest absolute Gasteiger partial charge is 0.371 e. The van der Waals surface area contributed by atoms with Crippen molar-refractivity contribution >= 4 is 23.0 Å². The van der Waals surface area contributed by atoms with Crippen LogP contribution in [0.25, 0.3) is 10.9 Å². The summed E-state index contributed by atoms with van der Waals surface area (Å²) in [6.45, 7) is 2.80. The van der Waals surface area contributed by atoms with Gasteiger partial charge in [-0.1, -0.05) is 18.2 Å². The van der Waals surface area contributed by atoms with Gasteiger partial charge in [0.2, 0.25) is 0 Å². The van der Waals surface area contributed by atoms with E-state index >= 15 is 0 Å². The van der Waals surface area contributed by atoms with E-state index in [1.54, 1.807) is 0 Å². The van der Waals surface area contributed by atoms with Gasteiger partial charge in [0.25, 0.3) is 0 Å². The fourth-order valence-corrected chi connectivity index (χ4v) is 1.60. The lowest BCUT2D eigenvalue weighted by Gasteiger charge is -1.98. The van der Waals surface area contributed by atoms with Crippen LogP contribution in [0.5, 0.6) is 0 Å². The van der Waals surface area contributed by atoms with Crippen LogP contribution in [0.2, 0.25) is 0 Å². The summed E-state index contributed by atoms with van der Waals surface area (Å²) in [6, 6.07) is 7.78. The molecule has 0 unspecified atom stereocenters. The molecule has 3 nitrogen and oxygen atoms in total. The van der Waals surface area contributed by atoms with Crippen LogP contribution in [0, 0.1) is 0 Å². The zero-order valence-electron chi connectivity index (χ0n) is 8.00. The normalized spacial score (nSPS) is 10.4. The molecule has 0 aliphatic rings. The standard InChI is InChI=1S/C11H12N2O/c1-2-12-11-9(7-14)8-5-3-4-6-10(8)13-11/h3-7,12-13H,2H2,1H3. The first-order valence-corrected chi connectivity index (χ1v) is 4.66. The summed E-state index contributed by atoms with van der Waals surface area (Å²) in [4.78, 5) is 14.1. The molecule has 0 aliphatic carbocycles. The average Bonchev–Trinajstić information content (AvgIpc) is 2.55. The third-order valence-corrected chi connectivity index (χ3v) is 2.22. The maximum absolute atomic E-state index is 10.9. The minimum Gasteiger partial charge on any atom is -0.371 e. The highest BCUT2D eigenvalue weighted by Crippen LogP contribution is 2.23. The van der Waals surface area contributed by atoms with Crippen LogP contribution in [0.1, 0.15) is 17.3 Å². The molecule has 1 aromatic carbocycles. The smallest absolute Gasteiger partial charge is 0.154 e. The Morgan fingerprint density at radius 2 is 2.21 bits per heavy atom. The summed E-state index contributed by atoms with van der Waals surface area (Å²) in [5.74, 6) is 0.809. The Morgan fingerprint density at radius 3 is 2.93 bits per heavy atom. The maximum atomic E-state index is 10.9. The molecule has 0 amide bonds. The molecule has 2 N–H and O–H groups in total. The van der Waals surface area contributed by atoms with Crippen LogP contribution < -0.4 is 5.32 Å². The lowest BCUT2D eigenvalue weighted by molar-refractivity contribution is 0.112. The lowest BCUT2D eigenvalue weighted by Crippen LogP contribution is -1.98. The van der Waals surface area contributed by atoms with Crippen molar-refractivity contribution in [2.75, 3.05) is 11.9 Å². The molecule has 1 aromatic heterocycles. The molecule has 3 heteroatoms. The number of carbonyl (C=O) groups excluding carboxylic acids is 1. The minimum atomic E-state index is 0.711. The Morgan fingerprint density at radius 1 is 1.43 bits per heavy atom. The molecule has 72 valence electrons. The number of benzene rings is 1. The second-order valence-corrected chi connectivity index (χ2v) is 3.11. The number of aromatic amines is 1. The molecule has 0 spiro atoms. The van der Waals surface area contributed by atoms with Crippen molar-refractivity contribution in [2.45, 2.75) is 6.92 Å². The van der Waals surface area contributed by atoms with Crippen LogP contribution in [-0.2, 0) is 0 Å². The van der Waals surface area contributed by atoms with E-state index in [-0.39, 0.29) is 0 Å². The number of hydrogen-bond donors (Lipinski definition) is 2. The van der Waals surface area contributed by atoms with E-state index in [9.17, 15) is 4.79 Å². The quantitative estimate of drug-likeness (QED) is 0.726. The predicted molar refractivity (Wildman–Crippen MR) is 57.8 cm³/mol. The van der Waals surface area contributed by atoms with Crippen LogP contribution in [0.15, 0.2) is 24.3 Å². The molecular weight excluding hydrogens is 176 g/mol. The number of H-pyrrole nitrogens is 1. The van der Waals surface area contributed by atoms with Crippen molar-refractivity contribution in [1.82, 2.24) is 4.98 Å². The van der Waals surface area contributed by atoms with E-state index in [4.69, 9.17) is 0 Å². The van der Waals surface area contributed by atoms with Gasteiger partial charge in [-0.3, -0.25) is 4.79 Å². The van der Waals surface area contributed by atoms with E-state index in [0.717, 1.165) is 29.6 Å². The van der Waals surface area contributed by atoms with Gasteiger partial charge in [0, 0.05) is 17.4 Å². The van der Waals surface area contributed by atoms with Crippen LogP contribution in [0.3, 0.4) is 0 Å². The molecule has 2 rings (SSSR count). The third-order valence-electron chi connectivity index (χ3n) is 2.22. The van der Waals surface area contributed by atoms with Gasteiger partial charge < -0.3 is 10.3 Å². The summed E-state index contributed by atoms with van der Waals surface area (Å²) in [5.41, 5.74) is 1.70. The monoisotopic (exact) mass is 188 g/mol. The van der Waals surface area contributed by atoms with Crippen LogP contribution >= 0.6 is 0 Å². The zero-order chi connectivity index (χ0) is 9.97. The molecule has 0 aliphatic heterocycles. The van der Waals surface area contributed by atoms with Gasteiger partial charge >= 0.3 is 0 Å². The molecule has 0 saturated heterocycles. The molecule has 14 heavy (non-hydrogen) atoms. The van der Waals surface area contributed by atoms with Crippen molar-refractivity contribution < 1.29 is 4.79 Å². The summed E-state index contributed by atoms with van der Waals surface area (Å²) in [6.07, 6.45) is 0.886. The van der Waals surface area contributed by atoms with E-state index in [2.05, 4.69) is 10.3 Å². The zero-order valence-corrected chi connectivity index (χ0v) is 8.00. The van der Waals surface area contributed by atoms with Crippen molar-refractivity contribution in [3.8, 4) is 0 Å². The van der Waals surface area contributed by atoms with Gasteiger partial charge in [-0.2, -0.15) is 0 Å². The Bertz CT molecular complexity index is 459. The number of carbonyl (C=O) groups is 1. The Balaban J connectivity index is 2.65. The van der Waals surface area contributed by atoms with Gasteiger partial charge in [-0.25, -0.2) is 0 Å². The topological polar surface area (TPSA) is 44.9 Å². The molecule has 0 bridgehead atoms. The number of aromatic nitrogens is 1. The van der Waals surface area contributed by atoms with Gasteiger partial charge in [0.15, 0.2) is 6.29 Å². The highest BCUT2D eigenvalue weighted by molar-refractivity contribution is 6.03. The summed E-state index contributed by atoms with van der Waals surface area (Å²) < 4.78 is 0. The summed E-state index contributed by atoms with van der Waals surface area (Å²) in [5, 5.41) is 4.10. The van der Waals surface area contributed by atoms with Gasteiger partial charge in [-0.05, 0) is 13.0 Å². The molecule has 2 aromatic rings. The van der Waals surface area contributed by atoms with Gasteiger partial charge in [0.05, 0.1) is 5.56 Å². The van der Waals surface area contributed by atoms with E-state index in [1.165, 1.54) is 0 Å². The van der Waals surface area contributed by atoms with Gasteiger partial charge in [0.1, 0.15) is 5.82 Å². The highest BCUT2D eigenvalue weighted by atomic mass is 16.1. The average molecular weight is 188 g/mol. The molecule has 0 saturated carbocycles. The van der Waals surface area contributed by atoms with Crippen molar-refractivity contribution in [3.05, 3.63) is 29.8 Å². The molecule has 1 heterocycles. The van der Waals surface area contributed by atoms with E-state index in [1.807, 2.05) is 31.2 Å². The first-order valence-electron chi connectivity index (χ1n) is 4.66. The van der Waals surface area contributed by atoms with Crippen molar-refractivity contribution in [2.24, 2.45) is 0 Å². The number of nitrogens with one attached hydrogen (secondary N) is 2. The number of para-hydroxylation sites is 1. The fraction of sp³-hybridized carbons (Fsp3) is 0.182. The molecule has 0 fully saturated rings. The summed E-state index contributed by atoms with van der Waals surface area (Å²) in [7, 11) is 0. The first-order chi connectivity index (χ1) is 6.86. The van der Waals surface area contributed by atoms with Gasteiger partial charge in [-0.15, -0.1) is 0 Å². The highest BCUT2D eigenvalue weighted by Gasteiger charge is 2.08. The maximum Gasteiger partial charge on any atom is 0.154 e. The van der Waals surface area contributed by atoms with Crippen LogP contribution in [0.4, 0.5) is 5.82 Å². The molecule has 0 radical (unpaired) electrons. The summed E-state index contributed by atoms with van der Waals surface area (Å²) >= 11 is 0. The van der Waals surface area contributed by atoms with E-state index < -0.39 is 0 Å². The second-order valence-electron chi connectivity index (χ2n) is 3.11. The number of aldehydes is 1. The number of anilines is 1. The number of fused-ring (bicyclic) bond motifs is 1. The second kappa shape index (κ2) is 3.54.